The van der Waals surface area contributed by atoms with Gasteiger partial charge < -0.3 is 72.8 Å². The third-order valence-electron chi connectivity index (χ3n) is 22.1. The van der Waals surface area contributed by atoms with Crippen molar-refractivity contribution < 1.29 is 91.5 Å². The average molecular weight is 1550 g/mol. The van der Waals surface area contributed by atoms with Crippen molar-refractivity contribution in [3.8, 4) is 0 Å². The number of allylic oxidation sites excluding steroid dienone is 4. The Balaban J connectivity index is 0.000000336. The lowest BCUT2D eigenvalue weighted by atomic mass is 9.86. The minimum Gasteiger partial charge on any atom is -0.457 e. The van der Waals surface area contributed by atoms with E-state index >= 15 is 0 Å². The van der Waals surface area contributed by atoms with Gasteiger partial charge in [-0.1, -0.05) is 152 Å². The molecule has 1 amide bonds. The number of hydrogen-bond donors (Lipinski definition) is 5. The van der Waals surface area contributed by atoms with Crippen molar-refractivity contribution in [3.05, 3.63) is 142 Å². The number of benzene rings is 2. The van der Waals surface area contributed by atoms with Crippen LogP contribution in [0.5, 0.6) is 0 Å². The summed E-state index contributed by atoms with van der Waals surface area (Å²) >= 11 is 12.3. The Morgan fingerprint density at radius 1 is 0.701 bits per heavy atom. The highest BCUT2D eigenvalue weighted by molar-refractivity contribution is 6.74. The van der Waals surface area contributed by atoms with E-state index in [4.69, 9.17) is 70.3 Å². The molecule has 0 aromatic heterocycles. The van der Waals surface area contributed by atoms with Crippen molar-refractivity contribution in [2.45, 2.75) is 308 Å². The highest BCUT2D eigenvalue weighted by Crippen LogP contribution is 2.47. The van der Waals surface area contributed by atoms with Gasteiger partial charge in [-0.25, -0.2) is 4.79 Å². The number of rotatable bonds is 26. The zero-order valence-electron chi connectivity index (χ0n) is 67.0. The Morgan fingerprint density at radius 2 is 1.18 bits per heavy atom. The molecule has 22 atom stereocenters. The van der Waals surface area contributed by atoms with Gasteiger partial charge in [0.05, 0.1) is 61.1 Å². The molecule has 5 aliphatic heterocycles. The van der Waals surface area contributed by atoms with Gasteiger partial charge in [0, 0.05) is 74.9 Å². The number of cyclic esters (lactones) is 3. The third-order valence-corrected chi connectivity index (χ3v) is 27.2. The van der Waals surface area contributed by atoms with E-state index in [1.807, 2.05) is 89.2 Å². The molecule has 2 aromatic carbocycles. The number of ether oxygens (including phenoxy) is 9. The van der Waals surface area contributed by atoms with E-state index in [2.05, 4.69) is 66.9 Å². The Labute approximate surface area is 647 Å². The van der Waals surface area contributed by atoms with Crippen LogP contribution in [0.4, 0.5) is 4.79 Å². The number of carbonyl (C=O) groups excluding carboxylic acids is 5. The van der Waals surface area contributed by atoms with Crippen LogP contribution in [0.3, 0.4) is 0 Å². The molecule has 5 aliphatic rings. The summed E-state index contributed by atoms with van der Waals surface area (Å²) < 4.78 is 59.9. The van der Waals surface area contributed by atoms with E-state index in [0.717, 1.165) is 29.5 Å². The first-order valence-electron chi connectivity index (χ1n) is 37.8. The first-order chi connectivity index (χ1) is 49.9. The van der Waals surface area contributed by atoms with Gasteiger partial charge in [0.25, 0.3) is 0 Å². The quantitative estimate of drug-likeness (QED) is 0.0146. The molecule has 2 aromatic rings. The van der Waals surface area contributed by atoms with Crippen LogP contribution in [0, 0.1) is 23.7 Å². The fourth-order valence-electron chi connectivity index (χ4n) is 14.4. The summed E-state index contributed by atoms with van der Waals surface area (Å²) in [4.78, 5) is 65.9. The topological polar surface area (TPSA) is 280 Å². The first kappa shape index (κ1) is 90.3. The number of halogens is 2. The molecule has 6 unspecified atom stereocenters. The molecular formula is C83H124Cl2N2O19Si. The van der Waals surface area contributed by atoms with E-state index in [-0.39, 0.29) is 91.5 Å². The van der Waals surface area contributed by atoms with Gasteiger partial charge in [-0.15, -0.1) is 0 Å². The molecule has 5 heterocycles. The lowest BCUT2D eigenvalue weighted by molar-refractivity contribution is -0.158. The van der Waals surface area contributed by atoms with Crippen molar-refractivity contribution in [3.63, 3.8) is 0 Å². The smallest absolute Gasteiger partial charge is 0.411 e. The van der Waals surface area contributed by atoms with Gasteiger partial charge in [0.2, 0.25) is 0 Å². The van der Waals surface area contributed by atoms with Gasteiger partial charge in [-0.05, 0) is 163 Å². The molecule has 3 fully saturated rings. The van der Waals surface area contributed by atoms with Crippen LogP contribution < -0.4 is 5.32 Å². The van der Waals surface area contributed by atoms with Gasteiger partial charge in [-0.2, -0.15) is 0 Å². The fourth-order valence-corrected chi connectivity index (χ4v) is 16.0. The van der Waals surface area contributed by atoms with E-state index in [0.29, 0.717) is 35.1 Å². The predicted octanol–water partition coefficient (Wildman–Crippen LogP) is 14.3. The number of nitrogens with zero attached hydrogens (tertiary/aromatic N) is 1. The maximum atomic E-state index is 13.7. The molecule has 7 rings (SSSR count). The SMILES string of the molecule is CC[C@H](OC)[C@@H](C)[C@H]1O[C@@H]1C(NCc1ccc(Cl)cc1)C(C)(O)/C=C/C=C(\C)C1OC(=O)C[C@H](O[Si](C)(C)C(C)(C)C)CC[C@@](C)(O)[C@@H](OC(C)=O)/C=C/[C@@H]1C.CC[C@H](OC)[C@@H](C)[C@H]1O[C@@H]1C1N(Cc2ccc(Cl)cc2)C(=O)OC1(C)/C=C/C=C(\C)C1OC(=O)C[C@H](O)CC[C@@](C)(O)[C@@H](OC(C)=O)/C=C/[C@@H]1C. The molecule has 0 aliphatic carbocycles. The number of aliphatic hydroxyl groups is 4. The van der Waals surface area contributed by atoms with Crippen LogP contribution in [-0.2, 0) is 79.3 Å². The number of hydrogen-bond acceptors (Lipinski definition) is 20. The maximum Gasteiger partial charge on any atom is 0.411 e. The molecule has 21 nitrogen and oxygen atoms in total. The standard InChI is InChI=1S/C44H70ClNO9Si.C39H54ClNO10/c1-14-35(51-11)30(4)39-40(54-39)41(46-27-32-18-20-33(45)21-19-32)44(10,50)24-15-16-28(2)38-29(3)17-22-36(52-31(5)47)43(9,49)25-23-34(26-37(48)53-38)55-56(12,13)42(6,7)8;1-9-30(47-8)25(4)34-35(50-34)36-39(7,51-37(45)41(36)22-27-13-15-28(40)16-14-27)19-10-11-23(2)33-24(3)12-17-31(48-26(5)42)38(6,46)20-18-29(43)21-32(44)49-33/h15-22,24,29-30,34-36,38-41,46,49-50H,14,23,25-27H2,1-13H3;10-17,19,24-25,29-31,33-36,43,46H,9,18,20-22H2,1-8H3/b22-17+,24-15+,28-16+;17-12+,19-10+,23-11+/t29-,30+,34+,35-,36-,38?,39+,40-,41?,43+,44?;24-,25+,29+,30-,31-,33?,34+,35-,36?,38+,39?/m00/s1. The largest absolute Gasteiger partial charge is 0.457 e. The van der Waals surface area contributed by atoms with Crippen LogP contribution >= 0.6 is 23.2 Å². The van der Waals surface area contributed by atoms with Crippen LogP contribution in [0.15, 0.2) is 120 Å². The summed E-state index contributed by atoms with van der Waals surface area (Å²) in [6.07, 6.45) is 13.8. The molecule has 107 heavy (non-hydrogen) atoms. The number of esters is 4. The summed E-state index contributed by atoms with van der Waals surface area (Å²) in [5, 5.41) is 50.0. The Kier molecular flexibility index (Phi) is 33.0. The second-order valence-electron chi connectivity index (χ2n) is 32.4. The lowest BCUT2D eigenvalue weighted by Crippen LogP contribution is -2.52. The molecule has 0 saturated carbocycles. The average Bonchev–Trinajstić information content (AvgIpc) is 1.57. The van der Waals surface area contributed by atoms with Crippen molar-refractivity contribution in [2.75, 3.05) is 14.2 Å². The molecule has 0 bridgehead atoms. The summed E-state index contributed by atoms with van der Waals surface area (Å²) in [7, 11) is 1.10. The zero-order valence-corrected chi connectivity index (χ0v) is 69.5. The van der Waals surface area contributed by atoms with Crippen molar-refractivity contribution in [2.24, 2.45) is 23.7 Å². The van der Waals surface area contributed by atoms with Crippen LogP contribution in [0.25, 0.3) is 0 Å². The second-order valence-corrected chi connectivity index (χ2v) is 38.1. The minimum absolute atomic E-state index is 0.00338. The maximum absolute atomic E-state index is 13.7. The van der Waals surface area contributed by atoms with Crippen LogP contribution in [-0.4, -0.2) is 186 Å². The number of carbonyl (C=O) groups is 5. The normalized spacial score (nSPS) is 32.7. The fraction of sp³-hybridized carbons (Fsp3) is 0.651. The van der Waals surface area contributed by atoms with Crippen molar-refractivity contribution in [1.82, 2.24) is 10.2 Å². The van der Waals surface area contributed by atoms with E-state index in [1.54, 1.807) is 87.6 Å². The van der Waals surface area contributed by atoms with E-state index < -0.39 is 115 Å². The van der Waals surface area contributed by atoms with Crippen LogP contribution in [0.2, 0.25) is 28.2 Å². The monoisotopic (exact) mass is 1550 g/mol. The number of amides is 1. The number of aliphatic hydroxyl groups excluding tert-OH is 1. The van der Waals surface area contributed by atoms with Gasteiger partial charge >= 0.3 is 30.0 Å². The molecule has 0 radical (unpaired) electrons. The van der Waals surface area contributed by atoms with Crippen LogP contribution in [0.1, 0.15) is 180 Å². The predicted molar refractivity (Wildman–Crippen MR) is 416 cm³/mol. The number of nitrogens with one attached hydrogen (secondary N) is 1. The second kappa shape index (κ2) is 39.1. The summed E-state index contributed by atoms with van der Waals surface area (Å²) in [6, 6.07) is 14.0. The molecule has 24 heteroatoms. The first-order valence-corrected chi connectivity index (χ1v) is 41.5. The van der Waals surface area contributed by atoms with E-state index in [1.165, 1.54) is 20.8 Å². The highest BCUT2D eigenvalue weighted by Gasteiger charge is 2.63. The van der Waals surface area contributed by atoms with Gasteiger partial charge in [-0.3, -0.25) is 24.1 Å². The summed E-state index contributed by atoms with van der Waals surface area (Å²) in [5.41, 5.74) is -1.96. The molecular weight excluding hydrogens is 1430 g/mol. The van der Waals surface area contributed by atoms with E-state index in [9.17, 15) is 44.4 Å². The van der Waals surface area contributed by atoms with Gasteiger partial charge in [0.1, 0.15) is 53.9 Å². The summed E-state index contributed by atoms with van der Waals surface area (Å²) in [6.45, 7) is 36.7. The zero-order chi connectivity index (χ0) is 79.9. The molecule has 3 saturated heterocycles. The molecule has 0 spiro atoms. The summed E-state index contributed by atoms with van der Waals surface area (Å²) in [5.74, 6) is -2.60. The lowest BCUT2D eigenvalue weighted by Gasteiger charge is -2.40. The number of epoxide rings is 2. The highest BCUT2D eigenvalue weighted by atomic mass is 35.5. The Bertz CT molecular complexity index is 3450. The molecule has 598 valence electrons. The third kappa shape index (κ3) is 25.7. The Hall–Kier alpha value is -5.57. The van der Waals surface area contributed by atoms with Crippen molar-refractivity contribution in [1.29, 1.82) is 0 Å². The minimum atomic E-state index is -2.31. The molecule has 5 N–H and O–H groups in total. The van der Waals surface area contributed by atoms with Gasteiger partial charge in [0.15, 0.2) is 13.9 Å². The number of methoxy groups -OCH3 is 2. The Morgan fingerprint density at radius 3 is 1.66 bits per heavy atom. The van der Waals surface area contributed by atoms with Crippen molar-refractivity contribution >= 4 is 61.5 Å².